The van der Waals surface area contributed by atoms with Gasteiger partial charge in [0.05, 0.1) is 12.9 Å². The van der Waals surface area contributed by atoms with E-state index in [0.29, 0.717) is 16.7 Å². The number of nitrogens with one attached hydrogen (secondary N) is 1. The molecule has 0 saturated heterocycles. The summed E-state index contributed by atoms with van der Waals surface area (Å²) in [5.41, 5.74) is 0.786. The Morgan fingerprint density at radius 2 is 1.84 bits per heavy atom. The van der Waals surface area contributed by atoms with Gasteiger partial charge in [-0.3, -0.25) is 4.79 Å². The Kier molecular flexibility index (Phi) is 8.46. The number of aromatic nitrogens is 3. The molecule has 3 aromatic rings. The number of ether oxygens (including phenoxy) is 2. The summed E-state index contributed by atoms with van der Waals surface area (Å²) in [4.78, 5) is 13.6. The predicted molar refractivity (Wildman–Crippen MR) is 130 cm³/mol. The van der Waals surface area contributed by atoms with Gasteiger partial charge in [0.2, 0.25) is 5.91 Å². The summed E-state index contributed by atoms with van der Waals surface area (Å²) in [7, 11) is 1.62. The first-order chi connectivity index (χ1) is 15.4. The largest absolute Gasteiger partial charge is 0.497 e. The van der Waals surface area contributed by atoms with E-state index in [4.69, 9.17) is 9.47 Å². The summed E-state index contributed by atoms with van der Waals surface area (Å²) in [5, 5.41) is 12.3. The lowest BCUT2D eigenvalue weighted by atomic mass is 10.3. The van der Waals surface area contributed by atoms with Gasteiger partial charge in [-0.25, -0.2) is 0 Å². The lowest BCUT2D eigenvalue weighted by molar-refractivity contribution is -0.113. The molecule has 1 amide bonds. The normalized spacial score (nSPS) is 11.9. The molecule has 0 aliphatic carbocycles. The molecule has 1 atom stereocenters. The Morgan fingerprint density at radius 1 is 1.09 bits per heavy atom. The lowest BCUT2D eigenvalue weighted by Gasteiger charge is -2.19. The second-order valence-electron chi connectivity index (χ2n) is 7.31. The van der Waals surface area contributed by atoms with Gasteiger partial charge in [-0.05, 0) is 57.4 Å². The summed E-state index contributed by atoms with van der Waals surface area (Å²) in [6, 6.07) is 15.3. The van der Waals surface area contributed by atoms with Crippen LogP contribution in [0.15, 0.2) is 58.6 Å². The molecule has 7 nitrogen and oxygen atoms in total. The molecule has 1 N–H and O–H groups in total. The third-order valence-electron chi connectivity index (χ3n) is 4.61. The first-order valence-electron chi connectivity index (χ1n) is 10.2. The molecule has 3 rings (SSSR count). The van der Waals surface area contributed by atoms with Gasteiger partial charge >= 0.3 is 0 Å². The number of rotatable bonds is 10. The van der Waals surface area contributed by atoms with Crippen LogP contribution in [-0.4, -0.2) is 39.8 Å². The maximum atomic E-state index is 12.5. The fraction of sp³-hybridized carbons (Fsp3) is 0.348. The standard InChI is InChI=1S/C23H28N4O3S2/c1-15(2)27-22(16(3)30-19-10-7-9-18(13-19)29-4)25-26-23(27)32-14-21(28)24-17-8-6-11-20(12-17)31-5/h6-13,15-16H,14H2,1-5H3,(H,24,28). The Hall–Kier alpha value is -2.65. The van der Waals surface area contributed by atoms with Crippen molar-refractivity contribution in [2.24, 2.45) is 0 Å². The molecule has 2 aromatic carbocycles. The Balaban J connectivity index is 1.67. The molecule has 0 aliphatic heterocycles. The summed E-state index contributed by atoms with van der Waals surface area (Å²) < 4.78 is 13.4. The van der Waals surface area contributed by atoms with Gasteiger partial charge < -0.3 is 19.4 Å². The highest BCUT2D eigenvalue weighted by Crippen LogP contribution is 2.29. The summed E-state index contributed by atoms with van der Waals surface area (Å²) in [6.07, 6.45) is 1.68. The highest BCUT2D eigenvalue weighted by Gasteiger charge is 2.22. The lowest BCUT2D eigenvalue weighted by Crippen LogP contribution is -2.16. The van der Waals surface area contributed by atoms with Gasteiger partial charge in [0, 0.05) is 22.7 Å². The van der Waals surface area contributed by atoms with E-state index in [1.807, 2.05) is 66.3 Å². The van der Waals surface area contributed by atoms with Gasteiger partial charge in [-0.2, -0.15) is 0 Å². The molecule has 1 unspecified atom stereocenters. The summed E-state index contributed by atoms with van der Waals surface area (Å²) in [6.45, 7) is 6.05. The third-order valence-corrected chi connectivity index (χ3v) is 6.28. The average Bonchev–Trinajstić information content (AvgIpc) is 3.22. The van der Waals surface area contributed by atoms with Crippen LogP contribution in [0.2, 0.25) is 0 Å². The molecule has 9 heteroatoms. The molecular weight excluding hydrogens is 444 g/mol. The topological polar surface area (TPSA) is 78.3 Å². The summed E-state index contributed by atoms with van der Waals surface area (Å²) in [5.74, 6) is 2.27. The van der Waals surface area contributed by atoms with Crippen LogP contribution in [0.25, 0.3) is 0 Å². The number of thioether (sulfide) groups is 2. The molecule has 32 heavy (non-hydrogen) atoms. The van der Waals surface area contributed by atoms with Crippen molar-refractivity contribution in [3.05, 3.63) is 54.4 Å². The molecule has 0 radical (unpaired) electrons. The van der Waals surface area contributed by atoms with Gasteiger partial charge in [-0.1, -0.05) is 23.9 Å². The van der Waals surface area contributed by atoms with Crippen LogP contribution in [0.1, 0.15) is 38.7 Å². The van der Waals surface area contributed by atoms with Crippen molar-refractivity contribution in [1.82, 2.24) is 14.8 Å². The van der Waals surface area contributed by atoms with Crippen molar-refractivity contribution in [2.75, 3.05) is 24.4 Å². The average molecular weight is 473 g/mol. The molecule has 0 saturated carbocycles. The fourth-order valence-electron chi connectivity index (χ4n) is 3.11. The van der Waals surface area contributed by atoms with E-state index < -0.39 is 0 Å². The number of amides is 1. The monoisotopic (exact) mass is 472 g/mol. The minimum absolute atomic E-state index is 0.0891. The van der Waals surface area contributed by atoms with Crippen LogP contribution >= 0.6 is 23.5 Å². The quantitative estimate of drug-likeness (QED) is 0.393. The van der Waals surface area contributed by atoms with Gasteiger partial charge in [0.25, 0.3) is 0 Å². The molecule has 0 fully saturated rings. The zero-order valence-electron chi connectivity index (χ0n) is 18.9. The van der Waals surface area contributed by atoms with Crippen LogP contribution in [0.3, 0.4) is 0 Å². The minimum atomic E-state index is -0.325. The van der Waals surface area contributed by atoms with Gasteiger partial charge in [0.1, 0.15) is 11.5 Å². The predicted octanol–water partition coefficient (Wildman–Crippen LogP) is 5.46. The van der Waals surface area contributed by atoms with Crippen molar-refractivity contribution in [1.29, 1.82) is 0 Å². The number of methoxy groups -OCH3 is 1. The first-order valence-corrected chi connectivity index (χ1v) is 12.4. The zero-order chi connectivity index (χ0) is 23.1. The number of carbonyl (C=O) groups is 1. The molecule has 170 valence electrons. The van der Waals surface area contributed by atoms with E-state index in [0.717, 1.165) is 16.3 Å². The van der Waals surface area contributed by atoms with Crippen molar-refractivity contribution in [2.45, 2.75) is 43.0 Å². The van der Waals surface area contributed by atoms with Crippen molar-refractivity contribution in [3.8, 4) is 11.5 Å². The highest BCUT2D eigenvalue weighted by atomic mass is 32.2. The van der Waals surface area contributed by atoms with Crippen LogP contribution in [-0.2, 0) is 4.79 Å². The first kappa shape index (κ1) is 24.0. The molecule has 0 spiro atoms. The molecular formula is C23H28N4O3S2. The number of carbonyl (C=O) groups excluding carboxylic acids is 1. The maximum Gasteiger partial charge on any atom is 0.234 e. The second kappa shape index (κ2) is 11.3. The SMILES string of the molecule is COc1cccc(OC(C)c2nnc(SCC(=O)Nc3cccc(SC)c3)n2C(C)C)c1. The van der Waals surface area contributed by atoms with Crippen molar-refractivity contribution < 1.29 is 14.3 Å². The van der Waals surface area contributed by atoms with Gasteiger partial charge in [0.15, 0.2) is 17.1 Å². The summed E-state index contributed by atoms with van der Waals surface area (Å²) >= 11 is 3.00. The third kappa shape index (κ3) is 6.20. The van der Waals surface area contributed by atoms with E-state index in [9.17, 15) is 4.79 Å². The van der Waals surface area contributed by atoms with Gasteiger partial charge in [-0.15, -0.1) is 22.0 Å². The number of nitrogens with zero attached hydrogens (tertiary/aromatic N) is 3. The second-order valence-corrected chi connectivity index (χ2v) is 9.13. The number of anilines is 1. The Bertz CT molecular complexity index is 1060. The van der Waals surface area contributed by atoms with E-state index >= 15 is 0 Å². The van der Waals surface area contributed by atoms with Crippen LogP contribution in [0, 0.1) is 0 Å². The number of hydrogen-bond donors (Lipinski definition) is 1. The minimum Gasteiger partial charge on any atom is -0.497 e. The van der Waals surface area contributed by atoms with E-state index in [1.165, 1.54) is 11.8 Å². The molecule has 0 bridgehead atoms. The van der Waals surface area contributed by atoms with Crippen LogP contribution < -0.4 is 14.8 Å². The van der Waals surface area contributed by atoms with Crippen LogP contribution in [0.4, 0.5) is 5.69 Å². The van der Waals surface area contributed by atoms with Crippen LogP contribution in [0.5, 0.6) is 11.5 Å². The van der Waals surface area contributed by atoms with Crippen molar-refractivity contribution >= 4 is 35.1 Å². The Labute approximate surface area is 197 Å². The zero-order valence-corrected chi connectivity index (χ0v) is 20.5. The number of benzene rings is 2. The number of hydrogen-bond acceptors (Lipinski definition) is 7. The van der Waals surface area contributed by atoms with E-state index in [1.54, 1.807) is 18.9 Å². The van der Waals surface area contributed by atoms with E-state index in [-0.39, 0.29) is 23.8 Å². The molecule has 1 heterocycles. The molecule has 0 aliphatic rings. The molecule has 1 aromatic heterocycles. The maximum absolute atomic E-state index is 12.5. The Morgan fingerprint density at radius 3 is 2.56 bits per heavy atom. The fourth-order valence-corrected chi connectivity index (χ4v) is 4.44. The van der Waals surface area contributed by atoms with Crippen molar-refractivity contribution in [3.63, 3.8) is 0 Å². The highest BCUT2D eigenvalue weighted by molar-refractivity contribution is 7.99. The van der Waals surface area contributed by atoms with E-state index in [2.05, 4.69) is 29.4 Å². The smallest absolute Gasteiger partial charge is 0.234 e.